The Bertz CT molecular complexity index is 1440. The van der Waals surface area contributed by atoms with Crippen LogP contribution in [-0.2, 0) is 17.6 Å². The summed E-state index contributed by atoms with van der Waals surface area (Å²) >= 11 is 0. The summed E-state index contributed by atoms with van der Waals surface area (Å²) in [5, 5.41) is 12.5. The maximum absolute atomic E-state index is 14.3. The second kappa shape index (κ2) is 10.3. The van der Waals surface area contributed by atoms with Gasteiger partial charge in [0.2, 0.25) is 0 Å². The van der Waals surface area contributed by atoms with Crippen molar-refractivity contribution >= 4 is 17.4 Å². The summed E-state index contributed by atoms with van der Waals surface area (Å²) in [5.41, 5.74) is 1.89. The molecule has 2 aromatic heterocycles. The smallest absolute Gasteiger partial charge is 0.259 e. The Morgan fingerprint density at radius 1 is 0.865 bits per heavy atom. The van der Waals surface area contributed by atoms with Crippen LogP contribution in [0.25, 0.3) is 0 Å². The van der Waals surface area contributed by atoms with Gasteiger partial charge in [-0.25, -0.2) is 0 Å². The van der Waals surface area contributed by atoms with Crippen molar-refractivity contribution in [2.75, 3.05) is 4.90 Å². The van der Waals surface area contributed by atoms with Gasteiger partial charge >= 0.3 is 0 Å². The highest BCUT2D eigenvalue weighted by atomic mass is 16.2. The third kappa shape index (κ3) is 5.00. The molecule has 4 aromatic rings. The van der Waals surface area contributed by atoms with Gasteiger partial charge < -0.3 is 5.32 Å². The van der Waals surface area contributed by atoms with Gasteiger partial charge in [0.15, 0.2) is 5.78 Å². The van der Waals surface area contributed by atoms with Gasteiger partial charge in [-0.3, -0.25) is 24.5 Å². The van der Waals surface area contributed by atoms with Crippen molar-refractivity contribution in [3.05, 3.63) is 138 Å². The number of pyridine rings is 2. The summed E-state index contributed by atoms with van der Waals surface area (Å²) in [6, 6.07) is 28.9. The standard InChI is InChI=1S/C30H23N5O2/c31-21-22-12-14-23(15-13-22)27(36)18-28-34-30(19-24-8-4-6-16-32-24,20-25-9-5-7-17-33-25)29(37)35(28)26-10-2-1-3-11-26/h1-18,34H,19-20H2. The molecule has 2 aromatic carbocycles. The Hall–Kier alpha value is -5.09. The molecule has 0 spiro atoms. The molecule has 7 heteroatoms. The molecule has 1 amide bonds. The number of amides is 1. The number of benzene rings is 2. The van der Waals surface area contributed by atoms with Crippen LogP contribution in [0.1, 0.15) is 27.3 Å². The van der Waals surface area contributed by atoms with Crippen molar-refractivity contribution in [1.82, 2.24) is 15.3 Å². The predicted molar refractivity (Wildman–Crippen MR) is 139 cm³/mol. The molecule has 0 aliphatic carbocycles. The topological polar surface area (TPSA) is 99.0 Å². The average Bonchev–Trinajstić information content (AvgIpc) is 3.20. The number of ketones is 1. The molecule has 1 saturated heterocycles. The highest BCUT2D eigenvalue weighted by Crippen LogP contribution is 2.34. The molecule has 1 aliphatic rings. The van der Waals surface area contributed by atoms with Gasteiger partial charge in [0.05, 0.1) is 17.3 Å². The first kappa shape index (κ1) is 23.6. The van der Waals surface area contributed by atoms with E-state index in [-0.39, 0.29) is 11.7 Å². The maximum atomic E-state index is 14.3. The lowest BCUT2D eigenvalue weighted by atomic mass is 9.87. The lowest BCUT2D eigenvalue weighted by Crippen LogP contribution is -2.51. The molecular formula is C30H23N5O2. The number of aromatic nitrogens is 2. The number of anilines is 1. The van der Waals surface area contributed by atoms with Crippen LogP contribution in [0.5, 0.6) is 0 Å². The molecule has 1 aliphatic heterocycles. The number of carbonyl (C=O) groups is 2. The fourth-order valence-electron chi connectivity index (χ4n) is 4.45. The molecule has 7 nitrogen and oxygen atoms in total. The van der Waals surface area contributed by atoms with Gasteiger partial charge in [0.1, 0.15) is 11.4 Å². The van der Waals surface area contributed by atoms with Crippen LogP contribution in [-0.4, -0.2) is 27.2 Å². The highest BCUT2D eigenvalue weighted by Gasteiger charge is 2.50. The summed E-state index contributed by atoms with van der Waals surface area (Å²) in [4.78, 5) is 38.0. The summed E-state index contributed by atoms with van der Waals surface area (Å²) in [5.74, 6) is -0.113. The van der Waals surface area contributed by atoms with Crippen molar-refractivity contribution in [2.45, 2.75) is 18.4 Å². The zero-order valence-electron chi connectivity index (χ0n) is 19.9. The summed E-state index contributed by atoms with van der Waals surface area (Å²) in [6.45, 7) is 0. The largest absolute Gasteiger partial charge is 0.356 e. The lowest BCUT2D eigenvalue weighted by molar-refractivity contribution is -0.122. The average molecular weight is 486 g/mol. The van der Waals surface area contributed by atoms with Crippen LogP contribution in [0.3, 0.4) is 0 Å². The van der Waals surface area contributed by atoms with Crippen molar-refractivity contribution in [3.8, 4) is 6.07 Å². The fourth-order valence-corrected chi connectivity index (χ4v) is 4.45. The van der Waals surface area contributed by atoms with Gasteiger partial charge in [-0.2, -0.15) is 5.26 Å². The van der Waals surface area contributed by atoms with Crippen molar-refractivity contribution < 1.29 is 9.59 Å². The second-order valence-electron chi connectivity index (χ2n) is 8.76. The third-order valence-electron chi connectivity index (χ3n) is 6.22. The first-order valence-corrected chi connectivity index (χ1v) is 11.8. The summed E-state index contributed by atoms with van der Waals surface area (Å²) in [6.07, 6.45) is 5.43. The minimum Gasteiger partial charge on any atom is -0.356 e. The molecule has 1 N–H and O–H groups in total. The molecular weight excluding hydrogens is 462 g/mol. The number of nitriles is 1. The Balaban J connectivity index is 1.60. The minimum absolute atomic E-state index is 0.200. The van der Waals surface area contributed by atoms with E-state index in [2.05, 4.69) is 21.4 Å². The molecule has 0 atom stereocenters. The zero-order chi connectivity index (χ0) is 25.7. The lowest BCUT2D eigenvalue weighted by Gasteiger charge is -2.27. The molecule has 5 rings (SSSR count). The molecule has 3 heterocycles. The molecule has 1 fully saturated rings. The fraction of sp³-hybridized carbons (Fsp3) is 0.100. The summed E-state index contributed by atoms with van der Waals surface area (Å²) < 4.78 is 0. The SMILES string of the molecule is N#Cc1ccc(C(=O)C=C2NC(Cc3ccccn3)(Cc3ccccn3)C(=O)N2c2ccccc2)cc1. The van der Waals surface area contributed by atoms with Crippen LogP contribution >= 0.6 is 0 Å². The Labute approximate surface area is 214 Å². The van der Waals surface area contributed by atoms with E-state index in [9.17, 15) is 9.59 Å². The maximum Gasteiger partial charge on any atom is 0.259 e. The van der Waals surface area contributed by atoms with Crippen molar-refractivity contribution in [2.24, 2.45) is 0 Å². The molecule has 0 bridgehead atoms. The Morgan fingerprint density at radius 2 is 1.46 bits per heavy atom. The molecule has 0 saturated carbocycles. The normalized spacial score (nSPS) is 15.3. The Kier molecular flexibility index (Phi) is 6.56. The van der Waals surface area contributed by atoms with Crippen molar-refractivity contribution in [3.63, 3.8) is 0 Å². The van der Waals surface area contributed by atoms with Gasteiger partial charge in [-0.05, 0) is 60.7 Å². The number of hydrogen-bond donors (Lipinski definition) is 1. The predicted octanol–water partition coefficient (Wildman–Crippen LogP) is 4.23. The van der Waals surface area contributed by atoms with Gasteiger partial charge in [0.25, 0.3) is 5.91 Å². The van der Waals surface area contributed by atoms with E-state index in [1.165, 1.54) is 6.08 Å². The van der Waals surface area contributed by atoms with E-state index in [1.807, 2.05) is 66.7 Å². The number of carbonyl (C=O) groups excluding carboxylic acids is 2. The number of hydrogen-bond acceptors (Lipinski definition) is 6. The monoisotopic (exact) mass is 485 g/mol. The second-order valence-corrected chi connectivity index (χ2v) is 8.76. The van der Waals surface area contributed by atoms with Crippen LogP contribution in [0.2, 0.25) is 0 Å². The van der Waals surface area contributed by atoms with E-state index < -0.39 is 5.54 Å². The first-order chi connectivity index (χ1) is 18.1. The van der Waals surface area contributed by atoms with Crippen LogP contribution in [0.4, 0.5) is 5.69 Å². The Morgan fingerprint density at radius 3 is 2.00 bits per heavy atom. The van der Waals surface area contributed by atoms with E-state index in [1.54, 1.807) is 41.6 Å². The number of allylic oxidation sites excluding steroid dienone is 1. The van der Waals surface area contributed by atoms with Crippen LogP contribution < -0.4 is 10.2 Å². The van der Waals surface area contributed by atoms with Gasteiger partial charge in [0, 0.05) is 48.3 Å². The van der Waals surface area contributed by atoms with Crippen molar-refractivity contribution in [1.29, 1.82) is 5.26 Å². The third-order valence-corrected chi connectivity index (χ3v) is 6.22. The van der Waals surface area contributed by atoms with E-state index >= 15 is 0 Å². The quantitative estimate of drug-likeness (QED) is 0.311. The molecule has 0 unspecified atom stereocenters. The first-order valence-electron chi connectivity index (χ1n) is 11.8. The van der Waals surface area contributed by atoms with Crippen LogP contribution in [0, 0.1) is 11.3 Å². The zero-order valence-corrected chi connectivity index (χ0v) is 19.9. The number of para-hydroxylation sites is 1. The van der Waals surface area contributed by atoms with E-state index in [0.717, 1.165) is 11.4 Å². The highest BCUT2D eigenvalue weighted by molar-refractivity contribution is 6.10. The molecule has 180 valence electrons. The minimum atomic E-state index is -1.12. The number of rotatable bonds is 7. The van der Waals surface area contributed by atoms with E-state index in [4.69, 9.17) is 5.26 Å². The number of nitrogens with one attached hydrogen (secondary N) is 1. The van der Waals surface area contributed by atoms with Gasteiger partial charge in [-0.1, -0.05) is 30.3 Å². The number of nitrogens with zero attached hydrogens (tertiary/aromatic N) is 4. The van der Waals surface area contributed by atoms with Crippen LogP contribution in [0.15, 0.2) is 115 Å². The molecule has 0 radical (unpaired) electrons. The summed E-state index contributed by atoms with van der Waals surface area (Å²) in [7, 11) is 0. The van der Waals surface area contributed by atoms with Gasteiger partial charge in [-0.15, -0.1) is 0 Å². The molecule has 37 heavy (non-hydrogen) atoms. The van der Waals surface area contributed by atoms with E-state index in [0.29, 0.717) is 35.5 Å².